The molecule has 0 radical (unpaired) electrons. The van der Waals surface area contributed by atoms with E-state index < -0.39 is 0 Å². The molecule has 3 heteroatoms. The Bertz CT molecular complexity index is 409. The van der Waals surface area contributed by atoms with Gasteiger partial charge in [-0.3, -0.25) is 4.98 Å². The van der Waals surface area contributed by atoms with Crippen LogP contribution in [-0.4, -0.2) is 4.98 Å². The third-order valence-corrected chi connectivity index (χ3v) is 2.30. The molecule has 1 atom stereocenters. The molecule has 0 fully saturated rings. The molecule has 0 saturated carbocycles. The van der Waals surface area contributed by atoms with Crippen LogP contribution in [-0.2, 0) is 0 Å². The van der Waals surface area contributed by atoms with Crippen LogP contribution in [0.4, 0.5) is 0 Å². The van der Waals surface area contributed by atoms with Gasteiger partial charge in [-0.2, -0.15) is 0 Å². The van der Waals surface area contributed by atoms with Crippen molar-refractivity contribution in [1.82, 2.24) is 4.98 Å². The summed E-state index contributed by atoms with van der Waals surface area (Å²) in [5.41, 5.74) is 9.24. The standard InChI is InChI=1S/C11H12N2O/c1-8-6-13-4-2-10(8)11(12)9-3-5-14-7-9/h2-7,11H,12H2,1H3. The van der Waals surface area contributed by atoms with Gasteiger partial charge in [-0.15, -0.1) is 0 Å². The second-order valence-corrected chi connectivity index (χ2v) is 3.27. The van der Waals surface area contributed by atoms with Gasteiger partial charge in [0.25, 0.3) is 0 Å². The molecule has 2 heterocycles. The summed E-state index contributed by atoms with van der Waals surface area (Å²) >= 11 is 0. The van der Waals surface area contributed by atoms with E-state index >= 15 is 0 Å². The van der Waals surface area contributed by atoms with Gasteiger partial charge in [-0.05, 0) is 30.2 Å². The first-order valence-corrected chi connectivity index (χ1v) is 4.47. The van der Waals surface area contributed by atoms with Crippen LogP contribution in [0.15, 0.2) is 41.5 Å². The van der Waals surface area contributed by atoms with Gasteiger partial charge in [0.1, 0.15) is 0 Å². The van der Waals surface area contributed by atoms with Crippen molar-refractivity contribution in [2.75, 3.05) is 0 Å². The molecule has 0 aromatic carbocycles. The van der Waals surface area contributed by atoms with Crippen molar-refractivity contribution < 1.29 is 4.42 Å². The Morgan fingerprint density at radius 1 is 1.43 bits per heavy atom. The Morgan fingerprint density at radius 2 is 2.29 bits per heavy atom. The SMILES string of the molecule is Cc1cnccc1C(N)c1ccoc1. The first-order chi connectivity index (χ1) is 6.79. The van der Waals surface area contributed by atoms with Crippen molar-refractivity contribution in [2.45, 2.75) is 13.0 Å². The molecule has 0 bridgehead atoms. The van der Waals surface area contributed by atoms with Crippen molar-refractivity contribution >= 4 is 0 Å². The predicted molar refractivity (Wildman–Crippen MR) is 53.7 cm³/mol. The third-order valence-electron chi connectivity index (χ3n) is 2.30. The molecule has 2 rings (SSSR count). The zero-order chi connectivity index (χ0) is 9.97. The lowest BCUT2D eigenvalue weighted by Gasteiger charge is -2.11. The Kier molecular flexibility index (Phi) is 2.33. The predicted octanol–water partition coefficient (Wildman–Crippen LogP) is 2.03. The molecule has 0 saturated heterocycles. The molecular weight excluding hydrogens is 176 g/mol. The van der Waals surface area contributed by atoms with Crippen LogP contribution in [0.25, 0.3) is 0 Å². The highest BCUT2D eigenvalue weighted by Crippen LogP contribution is 2.21. The molecule has 0 aliphatic heterocycles. The van der Waals surface area contributed by atoms with Gasteiger partial charge in [0.2, 0.25) is 0 Å². The van der Waals surface area contributed by atoms with Gasteiger partial charge in [0.05, 0.1) is 18.6 Å². The summed E-state index contributed by atoms with van der Waals surface area (Å²) in [6, 6.07) is 3.69. The smallest absolute Gasteiger partial charge is 0.0953 e. The minimum Gasteiger partial charge on any atom is -0.472 e. The largest absolute Gasteiger partial charge is 0.472 e. The number of hydrogen-bond donors (Lipinski definition) is 1. The first-order valence-electron chi connectivity index (χ1n) is 4.47. The lowest BCUT2D eigenvalue weighted by Crippen LogP contribution is -2.12. The average molecular weight is 188 g/mol. The van der Waals surface area contributed by atoms with Crippen molar-refractivity contribution in [3.05, 3.63) is 53.7 Å². The van der Waals surface area contributed by atoms with Gasteiger partial charge in [0, 0.05) is 18.0 Å². The highest BCUT2D eigenvalue weighted by atomic mass is 16.3. The van der Waals surface area contributed by atoms with Crippen LogP contribution in [0, 0.1) is 6.92 Å². The van der Waals surface area contributed by atoms with E-state index in [9.17, 15) is 0 Å². The van der Waals surface area contributed by atoms with E-state index in [2.05, 4.69) is 4.98 Å². The number of furan rings is 1. The number of aryl methyl sites for hydroxylation is 1. The van der Waals surface area contributed by atoms with Gasteiger partial charge in [-0.25, -0.2) is 0 Å². The quantitative estimate of drug-likeness (QED) is 0.784. The summed E-state index contributed by atoms with van der Waals surface area (Å²) in [7, 11) is 0. The first kappa shape index (κ1) is 8.97. The van der Waals surface area contributed by atoms with E-state index in [0.717, 1.165) is 16.7 Å². The van der Waals surface area contributed by atoms with Crippen LogP contribution in [0.5, 0.6) is 0 Å². The summed E-state index contributed by atoms with van der Waals surface area (Å²) in [6.45, 7) is 2.00. The van der Waals surface area contributed by atoms with Gasteiger partial charge in [-0.1, -0.05) is 0 Å². The van der Waals surface area contributed by atoms with Crippen LogP contribution in [0.2, 0.25) is 0 Å². The summed E-state index contributed by atoms with van der Waals surface area (Å²) in [4.78, 5) is 4.03. The minimum atomic E-state index is -0.128. The number of hydrogen-bond acceptors (Lipinski definition) is 3. The molecule has 14 heavy (non-hydrogen) atoms. The Morgan fingerprint density at radius 3 is 2.93 bits per heavy atom. The maximum absolute atomic E-state index is 6.07. The normalized spacial score (nSPS) is 12.7. The highest BCUT2D eigenvalue weighted by molar-refractivity contribution is 5.32. The minimum absolute atomic E-state index is 0.128. The maximum atomic E-state index is 6.07. The summed E-state index contributed by atoms with van der Waals surface area (Å²) in [5, 5.41) is 0. The molecule has 0 spiro atoms. The maximum Gasteiger partial charge on any atom is 0.0953 e. The third kappa shape index (κ3) is 1.54. The van der Waals surface area contributed by atoms with Crippen LogP contribution in [0.3, 0.4) is 0 Å². The van der Waals surface area contributed by atoms with E-state index in [4.69, 9.17) is 10.2 Å². The van der Waals surface area contributed by atoms with Gasteiger partial charge < -0.3 is 10.2 Å². The summed E-state index contributed by atoms with van der Waals surface area (Å²) in [5.74, 6) is 0. The monoisotopic (exact) mass is 188 g/mol. The van der Waals surface area contributed by atoms with E-state index in [1.54, 1.807) is 18.7 Å². The Hall–Kier alpha value is -1.61. The second kappa shape index (κ2) is 3.64. The van der Waals surface area contributed by atoms with Crippen molar-refractivity contribution in [3.8, 4) is 0 Å². The summed E-state index contributed by atoms with van der Waals surface area (Å²) < 4.78 is 5.00. The average Bonchev–Trinajstić information content (AvgIpc) is 2.70. The van der Waals surface area contributed by atoms with E-state index in [1.165, 1.54) is 0 Å². The summed E-state index contributed by atoms with van der Waals surface area (Å²) in [6.07, 6.45) is 6.87. The molecular formula is C11H12N2O. The van der Waals surface area contributed by atoms with Gasteiger partial charge >= 0.3 is 0 Å². The van der Waals surface area contributed by atoms with E-state index in [0.29, 0.717) is 0 Å². The lowest BCUT2D eigenvalue weighted by atomic mass is 10.00. The van der Waals surface area contributed by atoms with Crippen LogP contribution >= 0.6 is 0 Å². The fraction of sp³-hybridized carbons (Fsp3) is 0.182. The van der Waals surface area contributed by atoms with Crippen molar-refractivity contribution in [2.24, 2.45) is 5.73 Å². The zero-order valence-corrected chi connectivity index (χ0v) is 7.97. The zero-order valence-electron chi connectivity index (χ0n) is 7.97. The molecule has 0 aliphatic rings. The fourth-order valence-corrected chi connectivity index (χ4v) is 1.46. The number of nitrogens with two attached hydrogens (primary N) is 1. The number of nitrogens with zero attached hydrogens (tertiary/aromatic N) is 1. The molecule has 2 aromatic heterocycles. The molecule has 3 nitrogen and oxygen atoms in total. The van der Waals surface area contributed by atoms with E-state index in [1.807, 2.05) is 25.3 Å². The Labute approximate surface area is 82.6 Å². The molecule has 1 unspecified atom stereocenters. The molecule has 2 N–H and O–H groups in total. The molecule has 2 aromatic rings. The Balaban J connectivity index is 2.37. The van der Waals surface area contributed by atoms with Crippen molar-refractivity contribution in [1.29, 1.82) is 0 Å². The molecule has 0 amide bonds. The number of aromatic nitrogens is 1. The lowest BCUT2D eigenvalue weighted by molar-refractivity contribution is 0.562. The topological polar surface area (TPSA) is 52.0 Å². The van der Waals surface area contributed by atoms with E-state index in [-0.39, 0.29) is 6.04 Å². The van der Waals surface area contributed by atoms with Gasteiger partial charge in [0.15, 0.2) is 0 Å². The molecule has 72 valence electrons. The number of pyridine rings is 1. The van der Waals surface area contributed by atoms with Crippen LogP contribution < -0.4 is 5.73 Å². The van der Waals surface area contributed by atoms with Crippen molar-refractivity contribution in [3.63, 3.8) is 0 Å². The fourth-order valence-electron chi connectivity index (χ4n) is 1.46. The highest BCUT2D eigenvalue weighted by Gasteiger charge is 2.11. The number of rotatable bonds is 2. The second-order valence-electron chi connectivity index (χ2n) is 3.27. The van der Waals surface area contributed by atoms with Crippen LogP contribution in [0.1, 0.15) is 22.7 Å². The molecule has 0 aliphatic carbocycles.